The highest BCUT2D eigenvalue weighted by atomic mass is 16.5. The molecule has 0 rings (SSSR count). The molecule has 0 heterocycles. The molecule has 0 aliphatic heterocycles. The van der Waals surface area contributed by atoms with Crippen molar-refractivity contribution in [3.05, 3.63) is 11.6 Å². The highest BCUT2D eigenvalue weighted by Gasteiger charge is 2.29. The topological polar surface area (TPSA) is 122 Å². The Labute approximate surface area is 143 Å². The van der Waals surface area contributed by atoms with E-state index in [4.69, 9.17) is 15.6 Å². The summed E-state index contributed by atoms with van der Waals surface area (Å²) < 4.78 is 4.87. The fourth-order valence-corrected chi connectivity index (χ4v) is 2.09. The van der Waals surface area contributed by atoms with Crippen molar-refractivity contribution in [3.63, 3.8) is 0 Å². The minimum absolute atomic E-state index is 0.0113. The number of nitrogens with two attached hydrogens (primary N) is 1. The Kier molecular flexibility index (Phi) is 8.63. The molecule has 24 heavy (non-hydrogen) atoms. The minimum atomic E-state index is -1.23. The molecule has 0 saturated heterocycles. The third-order valence-corrected chi connectivity index (χ3v) is 3.64. The summed E-state index contributed by atoms with van der Waals surface area (Å²) in [5.41, 5.74) is 4.73. The summed E-state index contributed by atoms with van der Waals surface area (Å²) in [6, 6.07) is -0.395. The molecule has 0 aromatic rings. The monoisotopic (exact) mass is 343 g/mol. The fourth-order valence-electron chi connectivity index (χ4n) is 2.09. The Bertz CT molecular complexity index is 500. The number of carbonyl (C=O) groups is 3. The van der Waals surface area contributed by atoms with Crippen molar-refractivity contribution < 1.29 is 24.2 Å². The van der Waals surface area contributed by atoms with Crippen LogP contribution < -0.4 is 11.1 Å². The van der Waals surface area contributed by atoms with Crippen molar-refractivity contribution in [2.24, 2.45) is 11.7 Å². The molecule has 138 valence electrons. The molecule has 0 aromatic carbocycles. The third-order valence-electron chi connectivity index (χ3n) is 3.64. The number of carbonyl (C=O) groups excluding carboxylic acids is 2. The number of nitrogens with one attached hydrogen (secondary N) is 1. The summed E-state index contributed by atoms with van der Waals surface area (Å²) in [5, 5.41) is 11.5. The Hall–Kier alpha value is -1.93. The van der Waals surface area contributed by atoms with E-state index in [0.29, 0.717) is 0 Å². The van der Waals surface area contributed by atoms with Crippen molar-refractivity contribution in [1.29, 1.82) is 0 Å². The van der Waals surface area contributed by atoms with Gasteiger partial charge in [0.15, 0.2) is 0 Å². The molecule has 0 aliphatic carbocycles. The SMILES string of the molecule is COCC(C)(N)C(=O)NCC(=O)N(C)[C@H](/C=C(\C)C(=O)O)C(C)C. The van der Waals surface area contributed by atoms with Crippen LogP contribution in [-0.2, 0) is 19.1 Å². The number of hydrogen-bond donors (Lipinski definition) is 3. The van der Waals surface area contributed by atoms with Crippen LogP contribution in [0.5, 0.6) is 0 Å². The van der Waals surface area contributed by atoms with Crippen LogP contribution in [0.25, 0.3) is 0 Å². The van der Waals surface area contributed by atoms with Crippen LogP contribution in [0.15, 0.2) is 11.6 Å². The first-order chi connectivity index (χ1) is 10.9. The summed E-state index contributed by atoms with van der Waals surface area (Å²) in [4.78, 5) is 36.7. The van der Waals surface area contributed by atoms with Gasteiger partial charge in [-0.15, -0.1) is 0 Å². The van der Waals surface area contributed by atoms with Gasteiger partial charge in [-0.25, -0.2) is 4.79 Å². The largest absolute Gasteiger partial charge is 0.478 e. The van der Waals surface area contributed by atoms with E-state index in [0.717, 1.165) is 0 Å². The number of amides is 2. The first-order valence-corrected chi connectivity index (χ1v) is 7.67. The van der Waals surface area contributed by atoms with Gasteiger partial charge in [0.1, 0.15) is 5.54 Å². The molecule has 1 unspecified atom stereocenters. The molecule has 2 amide bonds. The number of nitrogens with zero attached hydrogens (tertiary/aromatic N) is 1. The third kappa shape index (κ3) is 6.67. The lowest BCUT2D eigenvalue weighted by Crippen LogP contribution is -2.56. The van der Waals surface area contributed by atoms with Gasteiger partial charge in [-0.2, -0.15) is 0 Å². The molecule has 8 heteroatoms. The normalized spacial score (nSPS) is 15.6. The maximum Gasteiger partial charge on any atom is 0.331 e. The average Bonchev–Trinajstić information content (AvgIpc) is 2.48. The van der Waals surface area contributed by atoms with Gasteiger partial charge >= 0.3 is 5.97 Å². The van der Waals surface area contributed by atoms with E-state index >= 15 is 0 Å². The summed E-state index contributed by atoms with van der Waals surface area (Å²) in [6.07, 6.45) is 1.53. The summed E-state index contributed by atoms with van der Waals surface area (Å²) in [5.74, 6) is -1.86. The maximum absolute atomic E-state index is 12.3. The number of methoxy groups -OCH3 is 1. The van der Waals surface area contributed by atoms with E-state index in [1.54, 1.807) is 7.05 Å². The highest BCUT2D eigenvalue weighted by Crippen LogP contribution is 2.13. The van der Waals surface area contributed by atoms with E-state index in [-0.39, 0.29) is 30.5 Å². The van der Waals surface area contributed by atoms with Crippen LogP contribution in [0.2, 0.25) is 0 Å². The zero-order valence-electron chi connectivity index (χ0n) is 15.3. The van der Waals surface area contributed by atoms with Crippen LogP contribution in [0.4, 0.5) is 0 Å². The second-order valence-electron chi connectivity index (χ2n) is 6.43. The van der Waals surface area contributed by atoms with Crippen LogP contribution in [0.1, 0.15) is 27.7 Å². The lowest BCUT2D eigenvalue weighted by Gasteiger charge is -2.30. The summed E-state index contributed by atoms with van der Waals surface area (Å²) >= 11 is 0. The number of hydrogen-bond acceptors (Lipinski definition) is 5. The molecule has 0 spiro atoms. The van der Waals surface area contributed by atoms with Crippen molar-refractivity contribution >= 4 is 17.8 Å². The van der Waals surface area contributed by atoms with Gasteiger partial charge in [0, 0.05) is 19.7 Å². The quantitative estimate of drug-likeness (QED) is 0.506. The number of ether oxygens (including phenoxy) is 1. The zero-order valence-corrected chi connectivity index (χ0v) is 15.3. The molecule has 0 aliphatic rings. The molecular formula is C16H29N3O5. The standard InChI is InChI=1S/C16H29N3O5/c1-10(2)12(7-11(3)14(21)22)19(5)13(20)8-18-15(23)16(4,17)9-24-6/h7,10,12H,8-9,17H2,1-6H3,(H,18,23)(H,21,22)/b11-7+/t12-,16?/m1/s1. The van der Waals surface area contributed by atoms with Gasteiger partial charge < -0.3 is 25.8 Å². The number of rotatable bonds is 9. The lowest BCUT2D eigenvalue weighted by molar-refractivity contribution is -0.135. The van der Waals surface area contributed by atoms with E-state index in [1.807, 2.05) is 13.8 Å². The highest BCUT2D eigenvalue weighted by molar-refractivity contribution is 5.90. The van der Waals surface area contributed by atoms with E-state index < -0.39 is 23.5 Å². The average molecular weight is 343 g/mol. The predicted octanol–water partition coefficient (Wildman–Crippen LogP) is -0.0197. The Balaban J connectivity index is 4.93. The minimum Gasteiger partial charge on any atom is -0.478 e. The van der Waals surface area contributed by atoms with Crippen molar-refractivity contribution in [3.8, 4) is 0 Å². The molecule has 2 atom stereocenters. The smallest absolute Gasteiger partial charge is 0.331 e. The van der Waals surface area contributed by atoms with Gasteiger partial charge in [-0.3, -0.25) is 9.59 Å². The lowest BCUT2D eigenvalue weighted by atomic mass is 10.00. The van der Waals surface area contributed by atoms with Crippen LogP contribution in [-0.4, -0.2) is 66.7 Å². The zero-order chi connectivity index (χ0) is 19.1. The molecule has 0 bridgehead atoms. The van der Waals surface area contributed by atoms with E-state index in [9.17, 15) is 14.4 Å². The maximum atomic E-state index is 12.3. The van der Waals surface area contributed by atoms with Crippen LogP contribution >= 0.6 is 0 Å². The Morgan fingerprint density at radius 1 is 1.38 bits per heavy atom. The molecule has 0 saturated carbocycles. The van der Waals surface area contributed by atoms with Crippen molar-refractivity contribution in [1.82, 2.24) is 10.2 Å². The Morgan fingerprint density at radius 3 is 2.33 bits per heavy atom. The molecule has 0 aromatic heterocycles. The van der Waals surface area contributed by atoms with E-state index in [2.05, 4.69) is 5.32 Å². The van der Waals surface area contributed by atoms with Gasteiger partial charge in [-0.1, -0.05) is 19.9 Å². The summed E-state index contributed by atoms with van der Waals surface area (Å²) in [6.45, 7) is 6.55. The Morgan fingerprint density at radius 2 is 1.92 bits per heavy atom. The van der Waals surface area contributed by atoms with Crippen LogP contribution in [0.3, 0.4) is 0 Å². The number of carboxylic acid groups (broad SMARTS) is 1. The molecular weight excluding hydrogens is 314 g/mol. The van der Waals surface area contributed by atoms with Gasteiger partial charge in [-0.05, 0) is 19.8 Å². The van der Waals surface area contributed by atoms with E-state index in [1.165, 1.54) is 31.9 Å². The number of likely N-dealkylation sites (N-methyl/N-ethyl adjacent to an activating group) is 1. The van der Waals surface area contributed by atoms with Crippen molar-refractivity contribution in [2.75, 3.05) is 27.3 Å². The summed E-state index contributed by atoms with van der Waals surface area (Å²) in [7, 11) is 3.00. The second-order valence-corrected chi connectivity index (χ2v) is 6.43. The molecule has 0 radical (unpaired) electrons. The van der Waals surface area contributed by atoms with Gasteiger partial charge in [0.2, 0.25) is 11.8 Å². The number of carboxylic acids is 1. The predicted molar refractivity (Wildman–Crippen MR) is 90.3 cm³/mol. The molecule has 0 fully saturated rings. The van der Waals surface area contributed by atoms with Gasteiger partial charge in [0.25, 0.3) is 0 Å². The second kappa shape index (κ2) is 9.39. The number of aliphatic carboxylic acids is 1. The first kappa shape index (κ1) is 22.1. The van der Waals surface area contributed by atoms with Gasteiger partial charge in [0.05, 0.1) is 19.2 Å². The fraction of sp³-hybridized carbons (Fsp3) is 0.688. The van der Waals surface area contributed by atoms with Crippen molar-refractivity contribution in [2.45, 2.75) is 39.3 Å². The molecule has 8 nitrogen and oxygen atoms in total. The first-order valence-electron chi connectivity index (χ1n) is 7.67. The molecule has 4 N–H and O–H groups in total. The van der Waals surface area contributed by atoms with Crippen LogP contribution in [0, 0.1) is 5.92 Å².